The van der Waals surface area contributed by atoms with Crippen molar-refractivity contribution >= 4 is 74.2 Å². The Morgan fingerprint density at radius 1 is 0.512 bits per heavy atom. The highest BCUT2D eigenvalue weighted by Crippen LogP contribution is 2.62. The first-order valence-electron chi connectivity index (χ1n) is 29.8. The normalized spacial score (nSPS) is 20.3. The Balaban J connectivity index is 1.07. The van der Waals surface area contributed by atoms with Crippen LogP contribution in [0.15, 0.2) is 176 Å². The zero-order chi connectivity index (χ0) is 55.3. The molecular weight excluding hydrogens is 968 g/mol. The van der Waals surface area contributed by atoms with Crippen molar-refractivity contribution in [3.63, 3.8) is 0 Å². The van der Waals surface area contributed by atoms with Gasteiger partial charge in [0.15, 0.2) is 0 Å². The van der Waals surface area contributed by atoms with Gasteiger partial charge in [-0.05, 0) is 213 Å². The highest BCUT2D eigenvalue weighted by atomic mass is 15.3. The molecule has 5 heteroatoms. The molecular formula is C75H77BN4. The number of fused-ring (bicyclic) bond motifs is 8. The van der Waals surface area contributed by atoms with Gasteiger partial charge in [0, 0.05) is 57.2 Å². The monoisotopic (exact) mass is 1040 g/mol. The van der Waals surface area contributed by atoms with Gasteiger partial charge in [-0.1, -0.05) is 166 Å². The third kappa shape index (κ3) is 7.83. The molecule has 0 aromatic heterocycles. The molecule has 8 aromatic rings. The van der Waals surface area contributed by atoms with Crippen molar-refractivity contribution in [3.8, 4) is 22.3 Å². The van der Waals surface area contributed by atoms with E-state index in [4.69, 9.17) is 0 Å². The summed E-state index contributed by atoms with van der Waals surface area (Å²) < 4.78 is 0. The molecule has 2 atom stereocenters. The number of rotatable bonds is 6. The average Bonchev–Trinajstić information content (AvgIpc) is 4.04. The maximum Gasteiger partial charge on any atom is 0.252 e. The van der Waals surface area contributed by atoms with Crippen molar-refractivity contribution in [2.45, 2.75) is 136 Å². The highest BCUT2D eigenvalue weighted by Gasteiger charge is 2.58. The van der Waals surface area contributed by atoms with E-state index in [-0.39, 0.29) is 33.9 Å². The van der Waals surface area contributed by atoms with Crippen LogP contribution in [0.2, 0.25) is 0 Å². The van der Waals surface area contributed by atoms with E-state index in [1.54, 1.807) is 0 Å². The van der Waals surface area contributed by atoms with Gasteiger partial charge in [0.2, 0.25) is 0 Å². The molecule has 1 saturated carbocycles. The smallest absolute Gasteiger partial charge is 0.252 e. The Hall–Kier alpha value is -7.50. The Bertz CT molecular complexity index is 3910. The van der Waals surface area contributed by atoms with E-state index >= 15 is 0 Å². The van der Waals surface area contributed by atoms with Crippen LogP contribution in [0.4, 0.5) is 45.5 Å². The summed E-state index contributed by atoms with van der Waals surface area (Å²) in [4.78, 5) is 8.18. The summed E-state index contributed by atoms with van der Waals surface area (Å²) in [6.45, 7) is 27.3. The topological polar surface area (TPSA) is 21.8 Å². The maximum atomic E-state index is 3.38. The molecule has 0 amide bonds. The first-order valence-corrected chi connectivity index (χ1v) is 29.8. The Kier molecular flexibility index (Phi) is 11.4. The molecule has 2 aliphatic carbocycles. The van der Waals surface area contributed by atoms with Crippen molar-refractivity contribution in [1.82, 2.24) is 5.32 Å². The summed E-state index contributed by atoms with van der Waals surface area (Å²) >= 11 is 0. The van der Waals surface area contributed by atoms with Crippen molar-refractivity contribution < 1.29 is 0 Å². The quantitative estimate of drug-likeness (QED) is 0.168. The molecule has 0 bridgehead atoms. The second-order valence-electron chi connectivity index (χ2n) is 27.7. The van der Waals surface area contributed by atoms with Gasteiger partial charge in [-0.25, -0.2) is 0 Å². The minimum Gasteiger partial charge on any atom is -0.387 e. The zero-order valence-electron chi connectivity index (χ0n) is 49.1. The fourth-order valence-electron chi connectivity index (χ4n) is 15.4. The molecule has 400 valence electrons. The Morgan fingerprint density at radius 3 is 1.68 bits per heavy atom. The summed E-state index contributed by atoms with van der Waals surface area (Å²) in [5.74, 6) is 0. The summed E-state index contributed by atoms with van der Waals surface area (Å²) in [6, 6.07) is 62.4. The van der Waals surface area contributed by atoms with E-state index in [2.05, 4.69) is 272 Å². The van der Waals surface area contributed by atoms with E-state index in [0.29, 0.717) is 0 Å². The fraction of sp³-hybridized carbons (Fsp3) is 0.307. The van der Waals surface area contributed by atoms with Crippen LogP contribution in [0.3, 0.4) is 0 Å². The van der Waals surface area contributed by atoms with Gasteiger partial charge in [-0.3, -0.25) is 0 Å². The van der Waals surface area contributed by atoms with E-state index in [1.165, 1.54) is 148 Å². The molecule has 4 aliphatic heterocycles. The molecule has 0 saturated heterocycles. The number of nitrogens with zero attached hydrogens (tertiary/aromatic N) is 3. The fourth-order valence-corrected chi connectivity index (χ4v) is 15.4. The van der Waals surface area contributed by atoms with E-state index in [9.17, 15) is 0 Å². The van der Waals surface area contributed by atoms with Gasteiger partial charge >= 0.3 is 0 Å². The maximum absolute atomic E-state index is 3.38. The number of aryl methyl sites for hydroxylation is 1. The second kappa shape index (κ2) is 18.0. The zero-order valence-corrected chi connectivity index (χ0v) is 49.1. The van der Waals surface area contributed by atoms with Gasteiger partial charge in [-0.15, -0.1) is 0 Å². The Labute approximate surface area is 477 Å². The number of anilines is 8. The van der Waals surface area contributed by atoms with Crippen LogP contribution >= 0.6 is 0 Å². The molecule has 1 fully saturated rings. The van der Waals surface area contributed by atoms with E-state index in [1.807, 2.05) is 0 Å². The summed E-state index contributed by atoms with van der Waals surface area (Å²) in [7, 11) is 0. The summed E-state index contributed by atoms with van der Waals surface area (Å²) in [5.41, 5.74) is 30.1. The molecule has 2 unspecified atom stereocenters. The van der Waals surface area contributed by atoms with Crippen LogP contribution in [-0.4, -0.2) is 18.8 Å². The van der Waals surface area contributed by atoms with Crippen LogP contribution in [0, 0.1) is 12.3 Å². The third-order valence-electron chi connectivity index (χ3n) is 19.7. The number of allylic oxidation sites excluding steroid dienone is 2. The molecule has 8 aromatic carbocycles. The SMILES string of the molecule is Cc1cc2c3c(c1)N(c1ccc(C(C)(C)C)cc1-c1ccccc1)c1cc4c(cc1B3c1cc(N3c5ccc(C6=CCNC=C6)cc5C5(C)CCCCC35C)ccc1N2c1ccc(C(C)(C)C)cc1-c1ccccc1)CC(C)(C)C4. The number of hydrogen-bond donors (Lipinski definition) is 1. The van der Waals surface area contributed by atoms with E-state index < -0.39 is 0 Å². The number of nitrogens with one attached hydrogen (secondary N) is 1. The average molecular weight is 1050 g/mol. The molecule has 0 radical (unpaired) electrons. The lowest BCUT2D eigenvalue weighted by molar-refractivity contribution is 0.195. The molecule has 0 spiro atoms. The lowest BCUT2D eigenvalue weighted by Gasteiger charge is -2.51. The highest BCUT2D eigenvalue weighted by molar-refractivity contribution is 7.00. The van der Waals surface area contributed by atoms with Gasteiger partial charge in [0.05, 0.1) is 16.9 Å². The number of dihydropyridines is 1. The third-order valence-corrected chi connectivity index (χ3v) is 19.7. The van der Waals surface area contributed by atoms with Crippen LogP contribution in [0.1, 0.15) is 134 Å². The van der Waals surface area contributed by atoms with Crippen LogP contribution in [0.5, 0.6) is 0 Å². The van der Waals surface area contributed by atoms with Crippen LogP contribution in [0.25, 0.3) is 27.8 Å². The molecule has 1 N–H and O–H groups in total. The van der Waals surface area contributed by atoms with Crippen molar-refractivity contribution in [1.29, 1.82) is 0 Å². The molecule has 80 heavy (non-hydrogen) atoms. The molecule has 4 nitrogen and oxygen atoms in total. The molecule has 4 heterocycles. The number of hydrogen-bond acceptors (Lipinski definition) is 4. The van der Waals surface area contributed by atoms with Crippen molar-refractivity contribution in [2.75, 3.05) is 21.2 Å². The van der Waals surface area contributed by atoms with Crippen molar-refractivity contribution in [3.05, 3.63) is 215 Å². The molecule has 14 rings (SSSR count). The first kappa shape index (κ1) is 50.7. The van der Waals surface area contributed by atoms with Gasteiger partial charge in [-0.2, -0.15) is 0 Å². The Morgan fingerprint density at radius 2 is 1.07 bits per heavy atom. The van der Waals surface area contributed by atoms with E-state index in [0.717, 1.165) is 25.8 Å². The standard InChI is InChI=1S/C75H77BN4/c1-48-38-68-70-69(39-48)79(64-30-26-56(72(5,6)7)44-59(64)51-22-16-13-17-23-51)67-42-54-47-73(8,9)46-53(54)41-61(67)76(70)62-45-57(27-31-66(62)78(68)63-29-25-55(71(2,3)4)43-58(63)50-20-14-12-15-21-50)80-65-28-24-52(49-32-36-77-37-33-49)40-60(65)74(10)34-18-19-35-75(74,80)11/h12-17,20-33,36,38-45,77H,18-19,34-35,37,46-47H2,1-11H3. The van der Waals surface area contributed by atoms with Crippen LogP contribution in [-0.2, 0) is 29.1 Å². The van der Waals surface area contributed by atoms with Gasteiger partial charge < -0.3 is 20.0 Å². The van der Waals surface area contributed by atoms with Crippen molar-refractivity contribution in [2.24, 2.45) is 5.41 Å². The second-order valence-corrected chi connectivity index (χ2v) is 27.7. The predicted octanol–water partition coefficient (Wildman–Crippen LogP) is 17.4. The molecule has 6 aliphatic rings. The first-order chi connectivity index (χ1) is 38.3. The van der Waals surface area contributed by atoms with Gasteiger partial charge in [0.1, 0.15) is 0 Å². The lowest BCUT2D eigenvalue weighted by atomic mass is 9.33. The number of benzene rings is 8. The van der Waals surface area contributed by atoms with Crippen LogP contribution < -0.4 is 36.4 Å². The minimum absolute atomic E-state index is 0.0311. The summed E-state index contributed by atoms with van der Waals surface area (Å²) in [6.07, 6.45) is 13.6. The largest absolute Gasteiger partial charge is 0.387 e. The summed E-state index contributed by atoms with van der Waals surface area (Å²) in [5, 5.41) is 3.38. The predicted molar refractivity (Wildman–Crippen MR) is 343 cm³/mol. The minimum atomic E-state index is -0.128. The van der Waals surface area contributed by atoms with Gasteiger partial charge in [0.25, 0.3) is 6.71 Å². The lowest BCUT2D eigenvalue weighted by Crippen LogP contribution is -2.62.